The number of nitrogens with zero attached hydrogens (tertiary/aromatic N) is 2. The lowest BCUT2D eigenvalue weighted by Crippen LogP contribution is -1.88. The van der Waals surface area contributed by atoms with E-state index in [4.69, 9.17) is 5.73 Å². The lowest BCUT2D eigenvalue weighted by Gasteiger charge is -2.02. The maximum Gasteiger partial charge on any atom is 0.153 e. The van der Waals surface area contributed by atoms with E-state index in [1.54, 1.807) is 23.8 Å². The van der Waals surface area contributed by atoms with Gasteiger partial charge in [0.05, 0.1) is 21.6 Å². The Hall–Kier alpha value is -2.21. The van der Waals surface area contributed by atoms with Crippen LogP contribution in [0, 0.1) is 5.82 Å². The summed E-state index contributed by atoms with van der Waals surface area (Å²) in [6.45, 7) is 0. The molecule has 0 bridgehead atoms. The van der Waals surface area contributed by atoms with Gasteiger partial charge in [-0.3, -0.25) is 10.1 Å². The molecule has 0 spiro atoms. The fourth-order valence-corrected chi connectivity index (χ4v) is 2.40. The van der Waals surface area contributed by atoms with E-state index in [-0.39, 0.29) is 5.82 Å². The number of anilines is 1. The van der Waals surface area contributed by atoms with Crippen LogP contribution < -0.4 is 5.73 Å². The molecule has 90 valence electrons. The molecule has 0 saturated heterocycles. The topological polar surface area (TPSA) is 67.6 Å². The van der Waals surface area contributed by atoms with Gasteiger partial charge in [-0.2, -0.15) is 5.10 Å². The summed E-state index contributed by atoms with van der Waals surface area (Å²) in [6.07, 6.45) is 1.74. The number of benzene rings is 1. The summed E-state index contributed by atoms with van der Waals surface area (Å²) in [5, 5.41) is 6.90. The number of aromatic amines is 1. The van der Waals surface area contributed by atoms with Crippen molar-refractivity contribution in [1.29, 1.82) is 0 Å². The molecule has 4 nitrogen and oxygen atoms in total. The fourth-order valence-electron chi connectivity index (χ4n) is 1.78. The van der Waals surface area contributed by atoms with Crippen molar-refractivity contribution >= 4 is 17.2 Å². The highest BCUT2D eigenvalue weighted by molar-refractivity contribution is 7.13. The summed E-state index contributed by atoms with van der Waals surface area (Å²) < 4.78 is 12.9. The van der Waals surface area contributed by atoms with Gasteiger partial charge in [0.25, 0.3) is 0 Å². The fraction of sp³-hybridized carbons (Fsp3) is 0. The molecular formula is C12H9FN4S. The lowest BCUT2D eigenvalue weighted by molar-refractivity contribution is 0.628. The molecule has 3 aromatic rings. The number of hydrogen-bond donors (Lipinski definition) is 2. The highest BCUT2D eigenvalue weighted by Crippen LogP contribution is 2.35. The zero-order valence-electron chi connectivity index (χ0n) is 9.22. The maximum atomic E-state index is 12.9. The summed E-state index contributed by atoms with van der Waals surface area (Å²) in [7, 11) is 0. The molecule has 0 unspecified atom stereocenters. The first kappa shape index (κ1) is 10.9. The first-order valence-electron chi connectivity index (χ1n) is 5.24. The van der Waals surface area contributed by atoms with Crippen molar-refractivity contribution in [2.24, 2.45) is 0 Å². The molecule has 0 aliphatic rings. The van der Waals surface area contributed by atoms with Crippen LogP contribution in [0.3, 0.4) is 0 Å². The molecular weight excluding hydrogens is 251 g/mol. The Morgan fingerprint density at radius 2 is 2.00 bits per heavy atom. The zero-order chi connectivity index (χ0) is 12.5. The van der Waals surface area contributed by atoms with E-state index in [1.165, 1.54) is 23.5 Å². The van der Waals surface area contributed by atoms with Gasteiger partial charge in [0, 0.05) is 6.20 Å². The lowest BCUT2D eigenvalue weighted by atomic mass is 10.0. The Bertz CT molecular complexity index is 658. The van der Waals surface area contributed by atoms with Crippen molar-refractivity contribution in [1.82, 2.24) is 15.2 Å². The highest BCUT2D eigenvalue weighted by Gasteiger charge is 2.15. The van der Waals surface area contributed by atoms with Gasteiger partial charge >= 0.3 is 0 Å². The Balaban J connectivity index is 2.17. The van der Waals surface area contributed by atoms with E-state index >= 15 is 0 Å². The Kier molecular flexibility index (Phi) is 2.56. The predicted molar refractivity (Wildman–Crippen MR) is 69.5 cm³/mol. The summed E-state index contributed by atoms with van der Waals surface area (Å²) in [4.78, 5) is 4.97. The molecule has 0 amide bonds. The van der Waals surface area contributed by atoms with E-state index < -0.39 is 0 Å². The molecule has 0 fully saturated rings. The second-order valence-electron chi connectivity index (χ2n) is 3.73. The van der Waals surface area contributed by atoms with Crippen molar-refractivity contribution in [2.45, 2.75) is 0 Å². The first-order chi connectivity index (χ1) is 8.75. The van der Waals surface area contributed by atoms with Gasteiger partial charge in [-0.25, -0.2) is 4.39 Å². The third-order valence-corrected chi connectivity index (χ3v) is 3.40. The molecule has 2 aromatic heterocycles. The van der Waals surface area contributed by atoms with Crippen LogP contribution in [-0.4, -0.2) is 15.2 Å². The number of H-pyrrole nitrogens is 1. The molecule has 18 heavy (non-hydrogen) atoms. The summed E-state index contributed by atoms with van der Waals surface area (Å²) in [5.41, 5.74) is 10.0. The third kappa shape index (κ3) is 1.76. The highest BCUT2D eigenvalue weighted by atomic mass is 32.1. The normalized spacial score (nSPS) is 10.7. The average molecular weight is 260 g/mol. The van der Waals surface area contributed by atoms with Crippen molar-refractivity contribution in [2.75, 3.05) is 5.73 Å². The monoisotopic (exact) mass is 260 g/mol. The van der Waals surface area contributed by atoms with Crippen LogP contribution >= 0.6 is 11.3 Å². The number of nitrogens with two attached hydrogens (primary N) is 1. The summed E-state index contributed by atoms with van der Waals surface area (Å²) >= 11 is 1.49. The molecule has 0 aliphatic carbocycles. The minimum atomic E-state index is -0.278. The smallest absolute Gasteiger partial charge is 0.153 e. The zero-order valence-corrected chi connectivity index (χ0v) is 10.0. The van der Waals surface area contributed by atoms with Crippen molar-refractivity contribution in [3.8, 4) is 21.7 Å². The second kappa shape index (κ2) is 4.23. The SMILES string of the molecule is Nc1n[nH]c(-c2cncs2)c1-c1ccc(F)cc1. The number of aromatic nitrogens is 3. The minimum absolute atomic E-state index is 0.278. The van der Waals surface area contributed by atoms with E-state index in [9.17, 15) is 4.39 Å². The van der Waals surface area contributed by atoms with Crippen molar-refractivity contribution < 1.29 is 4.39 Å². The van der Waals surface area contributed by atoms with E-state index in [0.29, 0.717) is 5.82 Å². The van der Waals surface area contributed by atoms with E-state index in [1.807, 2.05) is 0 Å². The summed E-state index contributed by atoms with van der Waals surface area (Å²) in [6, 6.07) is 6.17. The number of thiazole rings is 1. The van der Waals surface area contributed by atoms with Gasteiger partial charge in [0.1, 0.15) is 5.82 Å². The van der Waals surface area contributed by atoms with Crippen LogP contribution in [0.1, 0.15) is 0 Å². The molecule has 3 N–H and O–H groups in total. The predicted octanol–water partition coefficient (Wildman–Crippen LogP) is 2.92. The summed E-state index contributed by atoms with van der Waals surface area (Å²) in [5.74, 6) is 0.116. The molecule has 6 heteroatoms. The van der Waals surface area contributed by atoms with Gasteiger partial charge in [-0.05, 0) is 17.7 Å². The number of hydrogen-bond acceptors (Lipinski definition) is 4. The van der Waals surface area contributed by atoms with Crippen LogP contribution in [0.15, 0.2) is 36.0 Å². The minimum Gasteiger partial charge on any atom is -0.382 e. The average Bonchev–Trinajstić information content (AvgIpc) is 2.99. The van der Waals surface area contributed by atoms with Crippen LogP contribution in [-0.2, 0) is 0 Å². The quantitative estimate of drug-likeness (QED) is 0.744. The molecule has 3 rings (SSSR count). The van der Waals surface area contributed by atoms with Crippen LogP contribution in [0.2, 0.25) is 0 Å². The van der Waals surface area contributed by atoms with Gasteiger partial charge in [0.15, 0.2) is 5.82 Å². The van der Waals surface area contributed by atoms with Crippen molar-refractivity contribution in [3.05, 3.63) is 41.8 Å². The standard InChI is InChI=1S/C12H9FN4S/c13-8-3-1-7(2-4-8)10-11(16-17-12(10)14)9-5-15-6-18-9/h1-6H,(H3,14,16,17). The van der Waals surface area contributed by atoms with Gasteiger partial charge in [-0.15, -0.1) is 11.3 Å². The first-order valence-corrected chi connectivity index (χ1v) is 6.12. The van der Waals surface area contributed by atoms with E-state index in [0.717, 1.165) is 21.7 Å². The van der Waals surface area contributed by atoms with Gasteiger partial charge in [-0.1, -0.05) is 12.1 Å². The Labute approximate surface area is 106 Å². The van der Waals surface area contributed by atoms with Crippen LogP contribution in [0.25, 0.3) is 21.7 Å². The second-order valence-corrected chi connectivity index (χ2v) is 4.62. The largest absolute Gasteiger partial charge is 0.382 e. The molecule has 0 atom stereocenters. The molecule has 0 saturated carbocycles. The number of halogens is 1. The molecule has 1 aromatic carbocycles. The number of rotatable bonds is 2. The Morgan fingerprint density at radius 1 is 1.22 bits per heavy atom. The van der Waals surface area contributed by atoms with Crippen LogP contribution in [0.5, 0.6) is 0 Å². The molecule has 2 heterocycles. The van der Waals surface area contributed by atoms with Crippen molar-refractivity contribution in [3.63, 3.8) is 0 Å². The molecule has 0 aliphatic heterocycles. The Morgan fingerprint density at radius 3 is 2.67 bits per heavy atom. The van der Waals surface area contributed by atoms with Gasteiger partial charge < -0.3 is 5.73 Å². The maximum absolute atomic E-state index is 12.9. The van der Waals surface area contributed by atoms with E-state index in [2.05, 4.69) is 15.2 Å². The third-order valence-electron chi connectivity index (χ3n) is 2.61. The van der Waals surface area contributed by atoms with Gasteiger partial charge in [0.2, 0.25) is 0 Å². The van der Waals surface area contributed by atoms with Crippen LogP contribution in [0.4, 0.5) is 10.2 Å². The number of nitrogens with one attached hydrogen (secondary N) is 1. The number of nitrogen functional groups attached to an aromatic ring is 1. The molecule has 0 radical (unpaired) electrons.